The second-order valence-corrected chi connectivity index (χ2v) is 6.25. The van der Waals surface area contributed by atoms with Gasteiger partial charge in [0.25, 0.3) is 0 Å². The molecule has 0 saturated carbocycles. The van der Waals surface area contributed by atoms with Gasteiger partial charge in [-0.05, 0) is 29.7 Å². The molecule has 1 saturated heterocycles. The molecule has 1 fully saturated rings. The number of rotatable bonds is 5. The van der Waals surface area contributed by atoms with Crippen LogP contribution in [-0.2, 0) is 11.2 Å². The van der Waals surface area contributed by atoms with Crippen LogP contribution < -0.4 is 0 Å². The normalized spacial score (nSPS) is 15.6. The fourth-order valence-corrected chi connectivity index (χ4v) is 3.01. The van der Waals surface area contributed by atoms with E-state index in [-0.39, 0.29) is 11.7 Å². The molecule has 2 aromatic carbocycles. The molecule has 0 aliphatic carbocycles. The predicted octanol–water partition coefficient (Wildman–Crippen LogP) is 3.23. The van der Waals surface area contributed by atoms with Gasteiger partial charge in [-0.25, -0.2) is 4.39 Å². The molecule has 0 N–H and O–H groups in total. The summed E-state index contributed by atoms with van der Waals surface area (Å²) in [7, 11) is 0. The molecule has 1 aliphatic rings. The number of hydrogen-bond acceptors (Lipinski definition) is 2. The van der Waals surface area contributed by atoms with Crippen molar-refractivity contribution in [3.63, 3.8) is 0 Å². The molecule has 0 radical (unpaired) electrons. The zero-order valence-electron chi connectivity index (χ0n) is 14.3. The SMILES string of the molecule is O=C(/C=C/c1ccccc1)N1CCN(CCc2ccccc2F)CC1. The van der Waals surface area contributed by atoms with Crippen molar-refractivity contribution in [3.05, 3.63) is 77.6 Å². The maximum absolute atomic E-state index is 13.7. The summed E-state index contributed by atoms with van der Waals surface area (Å²) in [5, 5.41) is 0. The van der Waals surface area contributed by atoms with Crippen LogP contribution in [0.4, 0.5) is 4.39 Å². The van der Waals surface area contributed by atoms with Gasteiger partial charge >= 0.3 is 0 Å². The molecule has 0 bridgehead atoms. The lowest BCUT2D eigenvalue weighted by Gasteiger charge is -2.34. The molecule has 0 spiro atoms. The smallest absolute Gasteiger partial charge is 0.246 e. The van der Waals surface area contributed by atoms with Crippen molar-refractivity contribution >= 4 is 12.0 Å². The summed E-state index contributed by atoms with van der Waals surface area (Å²) in [4.78, 5) is 16.4. The highest BCUT2D eigenvalue weighted by atomic mass is 19.1. The molecule has 1 aliphatic heterocycles. The van der Waals surface area contributed by atoms with Crippen molar-refractivity contribution < 1.29 is 9.18 Å². The summed E-state index contributed by atoms with van der Waals surface area (Å²) < 4.78 is 13.7. The van der Waals surface area contributed by atoms with Gasteiger partial charge in [0, 0.05) is 38.8 Å². The molecule has 3 rings (SSSR count). The van der Waals surface area contributed by atoms with E-state index in [1.54, 1.807) is 12.1 Å². The number of benzene rings is 2. The van der Waals surface area contributed by atoms with Gasteiger partial charge in [0.15, 0.2) is 0 Å². The van der Waals surface area contributed by atoms with E-state index in [4.69, 9.17) is 0 Å². The topological polar surface area (TPSA) is 23.6 Å². The van der Waals surface area contributed by atoms with Crippen molar-refractivity contribution in [3.8, 4) is 0 Å². The van der Waals surface area contributed by atoms with Crippen LogP contribution >= 0.6 is 0 Å². The second-order valence-electron chi connectivity index (χ2n) is 6.25. The molecule has 0 unspecified atom stereocenters. The minimum absolute atomic E-state index is 0.0533. The van der Waals surface area contributed by atoms with E-state index in [0.29, 0.717) is 6.42 Å². The lowest BCUT2D eigenvalue weighted by Crippen LogP contribution is -2.48. The van der Waals surface area contributed by atoms with E-state index in [9.17, 15) is 9.18 Å². The zero-order chi connectivity index (χ0) is 17.5. The van der Waals surface area contributed by atoms with Gasteiger partial charge in [0.2, 0.25) is 5.91 Å². The maximum Gasteiger partial charge on any atom is 0.246 e. The van der Waals surface area contributed by atoms with Crippen LogP contribution in [0.1, 0.15) is 11.1 Å². The van der Waals surface area contributed by atoms with Crippen molar-refractivity contribution in [2.24, 2.45) is 0 Å². The Kier molecular flexibility index (Phi) is 5.96. The second kappa shape index (κ2) is 8.58. The molecule has 1 heterocycles. The first-order chi connectivity index (χ1) is 12.2. The van der Waals surface area contributed by atoms with Crippen molar-refractivity contribution in [1.29, 1.82) is 0 Å². The average molecular weight is 338 g/mol. The van der Waals surface area contributed by atoms with Gasteiger partial charge in [0.1, 0.15) is 5.82 Å². The number of carbonyl (C=O) groups is 1. The van der Waals surface area contributed by atoms with E-state index in [1.807, 2.05) is 53.4 Å². The lowest BCUT2D eigenvalue weighted by molar-refractivity contribution is -0.127. The van der Waals surface area contributed by atoms with Crippen LogP contribution in [0.3, 0.4) is 0 Å². The minimum atomic E-state index is -0.137. The Labute approximate surface area is 148 Å². The van der Waals surface area contributed by atoms with Crippen molar-refractivity contribution in [2.45, 2.75) is 6.42 Å². The number of hydrogen-bond donors (Lipinski definition) is 0. The third-order valence-corrected chi connectivity index (χ3v) is 4.56. The van der Waals surface area contributed by atoms with Gasteiger partial charge in [-0.15, -0.1) is 0 Å². The van der Waals surface area contributed by atoms with Gasteiger partial charge in [-0.2, -0.15) is 0 Å². The number of amides is 1. The van der Waals surface area contributed by atoms with Crippen molar-refractivity contribution in [1.82, 2.24) is 9.80 Å². The summed E-state index contributed by atoms with van der Waals surface area (Å²) in [6.07, 6.45) is 4.20. The predicted molar refractivity (Wildman–Crippen MR) is 98.6 cm³/mol. The fourth-order valence-electron chi connectivity index (χ4n) is 3.01. The number of halogens is 1. The van der Waals surface area contributed by atoms with Gasteiger partial charge in [-0.3, -0.25) is 9.69 Å². The number of carbonyl (C=O) groups excluding carboxylic acids is 1. The number of piperazine rings is 1. The third-order valence-electron chi connectivity index (χ3n) is 4.56. The first-order valence-corrected chi connectivity index (χ1v) is 8.70. The Bertz CT molecular complexity index is 722. The largest absolute Gasteiger partial charge is 0.337 e. The van der Waals surface area contributed by atoms with E-state index < -0.39 is 0 Å². The van der Waals surface area contributed by atoms with E-state index in [1.165, 1.54) is 6.07 Å². The van der Waals surface area contributed by atoms with Crippen LogP contribution in [0.2, 0.25) is 0 Å². The molecule has 0 atom stereocenters. The molecular weight excluding hydrogens is 315 g/mol. The molecule has 130 valence electrons. The maximum atomic E-state index is 13.7. The summed E-state index contributed by atoms with van der Waals surface area (Å²) in [6.45, 7) is 3.92. The first kappa shape index (κ1) is 17.4. The quantitative estimate of drug-likeness (QED) is 0.782. The van der Waals surface area contributed by atoms with E-state index >= 15 is 0 Å². The minimum Gasteiger partial charge on any atom is -0.337 e. The summed E-state index contributed by atoms with van der Waals surface area (Å²) in [6, 6.07) is 16.8. The van der Waals surface area contributed by atoms with Gasteiger partial charge in [0.05, 0.1) is 0 Å². The van der Waals surface area contributed by atoms with Crippen LogP contribution in [0.5, 0.6) is 0 Å². The highest BCUT2D eigenvalue weighted by Gasteiger charge is 2.19. The molecule has 2 aromatic rings. The molecule has 25 heavy (non-hydrogen) atoms. The fraction of sp³-hybridized carbons (Fsp3) is 0.286. The van der Waals surface area contributed by atoms with Crippen molar-refractivity contribution in [2.75, 3.05) is 32.7 Å². The van der Waals surface area contributed by atoms with Crippen LogP contribution in [0, 0.1) is 5.82 Å². The average Bonchev–Trinajstić information content (AvgIpc) is 2.67. The standard InChI is InChI=1S/C21H23FN2O/c22-20-9-5-4-8-19(20)12-13-23-14-16-24(17-15-23)21(25)11-10-18-6-2-1-3-7-18/h1-11H,12-17H2/b11-10+. The monoisotopic (exact) mass is 338 g/mol. The number of nitrogens with zero attached hydrogens (tertiary/aromatic N) is 2. The van der Waals surface area contributed by atoms with Gasteiger partial charge in [-0.1, -0.05) is 48.5 Å². The molecule has 4 heteroatoms. The highest BCUT2D eigenvalue weighted by molar-refractivity contribution is 5.91. The van der Waals surface area contributed by atoms with Crippen LogP contribution in [-0.4, -0.2) is 48.4 Å². The van der Waals surface area contributed by atoms with E-state index in [0.717, 1.165) is 43.9 Å². The Morgan fingerprint density at radius 1 is 0.960 bits per heavy atom. The zero-order valence-corrected chi connectivity index (χ0v) is 14.3. The summed E-state index contributed by atoms with van der Waals surface area (Å²) >= 11 is 0. The Morgan fingerprint density at radius 2 is 1.64 bits per heavy atom. The molecule has 1 amide bonds. The molecule has 0 aromatic heterocycles. The van der Waals surface area contributed by atoms with E-state index in [2.05, 4.69) is 4.90 Å². The highest BCUT2D eigenvalue weighted by Crippen LogP contribution is 2.10. The lowest BCUT2D eigenvalue weighted by atomic mass is 10.1. The van der Waals surface area contributed by atoms with Crippen LogP contribution in [0.25, 0.3) is 6.08 Å². The Hall–Kier alpha value is -2.46. The first-order valence-electron chi connectivity index (χ1n) is 8.70. The van der Waals surface area contributed by atoms with Crippen LogP contribution in [0.15, 0.2) is 60.7 Å². The summed E-state index contributed by atoms with van der Waals surface area (Å²) in [5.74, 6) is -0.0834. The Morgan fingerprint density at radius 3 is 2.36 bits per heavy atom. The Balaban J connectivity index is 1.44. The third kappa shape index (κ3) is 5.00. The summed E-state index contributed by atoms with van der Waals surface area (Å²) in [5.41, 5.74) is 1.78. The van der Waals surface area contributed by atoms with Gasteiger partial charge < -0.3 is 4.90 Å². The molecular formula is C21H23FN2O. The molecule has 3 nitrogen and oxygen atoms in total.